The van der Waals surface area contributed by atoms with Gasteiger partial charge in [0.15, 0.2) is 0 Å². The van der Waals surface area contributed by atoms with Crippen LogP contribution >= 0.6 is 11.8 Å². The summed E-state index contributed by atoms with van der Waals surface area (Å²) in [6.45, 7) is 3.66. The van der Waals surface area contributed by atoms with Crippen LogP contribution in [-0.2, 0) is 9.53 Å². The molecule has 0 radical (unpaired) electrons. The van der Waals surface area contributed by atoms with Gasteiger partial charge in [-0.2, -0.15) is 11.8 Å². The molecule has 0 spiro atoms. The van der Waals surface area contributed by atoms with E-state index in [4.69, 9.17) is 4.74 Å². The van der Waals surface area contributed by atoms with Gasteiger partial charge >= 0.3 is 6.09 Å². The number of anilines is 2. The van der Waals surface area contributed by atoms with E-state index >= 15 is 0 Å². The second-order valence-electron chi connectivity index (χ2n) is 7.09. The maximum absolute atomic E-state index is 14.8. The highest BCUT2D eigenvalue weighted by Crippen LogP contribution is 2.29. The predicted octanol–water partition coefficient (Wildman–Crippen LogP) is 2.30. The highest BCUT2D eigenvalue weighted by molar-refractivity contribution is 7.99. The third-order valence-corrected chi connectivity index (χ3v) is 5.90. The van der Waals surface area contributed by atoms with E-state index < -0.39 is 18.0 Å². The van der Waals surface area contributed by atoms with E-state index in [0.717, 1.165) is 24.6 Å². The largest absolute Gasteiger partial charge is 0.442 e. The molecule has 2 fully saturated rings. The van der Waals surface area contributed by atoms with Gasteiger partial charge in [-0.3, -0.25) is 9.69 Å². The Hall–Kier alpha value is -2.88. The molecule has 2 saturated heterocycles. The summed E-state index contributed by atoms with van der Waals surface area (Å²) in [6.07, 6.45) is 2.20. The van der Waals surface area contributed by atoms with Crippen LogP contribution in [0.15, 0.2) is 30.6 Å². The minimum absolute atomic E-state index is 0.202. The Morgan fingerprint density at radius 3 is 2.70 bits per heavy atom. The number of carbonyl (C=O) groups is 2. The van der Waals surface area contributed by atoms with Crippen molar-refractivity contribution in [3.63, 3.8) is 0 Å². The van der Waals surface area contributed by atoms with Crippen LogP contribution in [0, 0.1) is 5.82 Å². The van der Waals surface area contributed by atoms with Crippen LogP contribution in [0.5, 0.6) is 0 Å². The average Bonchev–Trinajstić information content (AvgIpc) is 3.13. The van der Waals surface area contributed by atoms with Gasteiger partial charge in [0.25, 0.3) is 0 Å². The maximum Gasteiger partial charge on any atom is 0.414 e. The van der Waals surface area contributed by atoms with Crippen molar-refractivity contribution in [3.8, 4) is 11.1 Å². The van der Waals surface area contributed by atoms with Gasteiger partial charge < -0.3 is 15.0 Å². The summed E-state index contributed by atoms with van der Waals surface area (Å²) in [6, 6.07) is 4.57. The molecule has 30 heavy (non-hydrogen) atoms. The van der Waals surface area contributed by atoms with Crippen LogP contribution < -0.4 is 15.1 Å². The van der Waals surface area contributed by atoms with Crippen molar-refractivity contribution in [2.24, 2.45) is 0 Å². The zero-order valence-corrected chi connectivity index (χ0v) is 17.3. The van der Waals surface area contributed by atoms with Crippen molar-refractivity contribution in [2.75, 3.05) is 47.5 Å². The van der Waals surface area contributed by atoms with Crippen LogP contribution in [-0.4, -0.2) is 65.8 Å². The van der Waals surface area contributed by atoms with Crippen LogP contribution in [0.2, 0.25) is 0 Å². The Balaban J connectivity index is 1.47. The van der Waals surface area contributed by atoms with Crippen molar-refractivity contribution in [1.29, 1.82) is 0 Å². The molecule has 8 nitrogen and oxygen atoms in total. The fourth-order valence-electron chi connectivity index (χ4n) is 3.39. The number of carbonyl (C=O) groups excluding carboxylic acids is 2. The molecule has 0 unspecified atom stereocenters. The van der Waals surface area contributed by atoms with Gasteiger partial charge in [0.1, 0.15) is 11.9 Å². The Bertz CT molecular complexity index is 937. The number of rotatable bonds is 5. The molecule has 2 aromatic rings. The molecule has 2 amide bonds. The van der Waals surface area contributed by atoms with E-state index in [9.17, 15) is 14.0 Å². The molecule has 3 heterocycles. The molecule has 0 aliphatic carbocycles. The highest BCUT2D eigenvalue weighted by atomic mass is 32.2. The number of nitrogens with zero attached hydrogens (tertiary/aromatic N) is 4. The van der Waals surface area contributed by atoms with E-state index in [1.807, 2.05) is 11.8 Å². The molecular formula is C20H22FN5O3S. The molecular weight excluding hydrogens is 409 g/mol. The Kier molecular flexibility index (Phi) is 6.03. The van der Waals surface area contributed by atoms with Gasteiger partial charge in [0.05, 0.1) is 18.8 Å². The van der Waals surface area contributed by atoms with E-state index in [-0.39, 0.29) is 19.0 Å². The highest BCUT2D eigenvalue weighted by Gasteiger charge is 2.32. The normalized spacial score (nSPS) is 19.0. The summed E-state index contributed by atoms with van der Waals surface area (Å²) in [5, 5.41) is 2.61. The van der Waals surface area contributed by atoms with Crippen LogP contribution in [0.25, 0.3) is 11.1 Å². The van der Waals surface area contributed by atoms with Gasteiger partial charge in [-0.05, 0) is 18.2 Å². The van der Waals surface area contributed by atoms with E-state index in [0.29, 0.717) is 22.8 Å². The standard InChI is InChI=1S/C20H22FN5O3S/c1-13(27)22-11-16-12-26(20(28)29-16)15-2-3-17(18(21)8-15)14-9-23-19(24-10-14)25-4-6-30-7-5-25/h2-3,8-10,16H,4-7,11-12H2,1H3,(H,22,27)/t16-/m0/s1. The minimum atomic E-state index is -0.565. The number of cyclic esters (lactones) is 1. The topological polar surface area (TPSA) is 87.7 Å². The van der Waals surface area contributed by atoms with Crippen LogP contribution in [0.4, 0.5) is 20.8 Å². The number of halogens is 1. The second kappa shape index (κ2) is 8.86. The predicted molar refractivity (Wildman–Crippen MR) is 113 cm³/mol. The quantitative estimate of drug-likeness (QED) is 0.777. The van der Waals surface area contributed by atoms with Crippen molar-refractivity contribution in [1.82, 2.24) is 15.3 Å². The number of hydrogen-bond donors (Lipinski definition) is 1. The molecule has 1 aromatic heterocycles. The molecule has 1 N–H and O–H groups in total. The minimum Gasteiger partial charge on any atom is -0.442 e. The van der Waals surface area contributed by atoms with Gasteiger partial charge in [-0.15, -0.1) is 0 Å². The molecule has 158 valence electrons. The summed E-state index contributed by atoms with van der Waals surface area (Å²) < 4.78 is 20.0. The van der Waals surface area contributed by atoms with Crippen molar-refractivity contribution in [3.05, 3.63) is 36.4 Å². The van der Waals surface area contributed by atoms with Crippen molar-refractivity contribution in [2.45, 2.75) is 13.0 Å². The van der Waals surface area contributed by atoms with Crippen molar-refractivity contribution < 1.29 is 18.7 Å². The Labute approximate surface area is 177 Å². The monoisotopic (exact) mass is 431 g/mol. The van der Waals surface area contributed by atoms with Gasteiger partial charge in [0, 0.05) is 55.0 Å². The summed E-state index contributed by atoms with van der Waals surface area (Å²) in [7, 11) is 0. The number of nitrogens with one attached hydrogen (secondary N) is 1. The van der Waals surface area contributed by atoms with E-state index in [1.54, 1.807) is 24.5 Å². The SMILES string of the molecule is CC(=O)NC[C@H]1CN(c2ccc(-c3cnc(N4CCSCC4)nc3)c(F)c2)C(=O)O1. The second-order valence-corrected chi connectivity index (χ2v) is 8.31. The maximum atomic E-state index is 14.8. The van der Waals surface area contributed by atoms with Gasteiger partial charge in [-0.25, -0.2) is 19.2 Å². The number of benzene rings is 1. The fraction of sp³-hybridized carbons (Fsp3) is 0.400. The smallest absolute Gasteiger partial charge is 0.414 e. The Morgan fingerprint density at radius 2 is 2.03 bits per heavy atom. The lowest BCUT2D eigenvalue weighted by Gasteiger charge is -2.26. The summed E-state index contributed by atoms with van der Waals surface area (Å²) in [4.78, 5) is 35.4. The number of ether oxygens (including phenoxy) is 1. The number of hydrogen-bond acceptors (Lipinski definition) is 7. The lowest BCUT2D eigenvalue weighted by Crippen LogP contribution is -2.33. The fourth-order valence-corrected chi connectivity index (χ4v) is 4.29. The molecule has 4 rings (SSSR count). The molecule has 0 bridgehead atoms. The van der Waals surface area contributed by atoms with E-state index in [1.165, 1.54) is 17.9 Å². The van der Waals surface area contributed by atoms with Gasteiger partial charge in [0.2, 0.25) is 11.9 Å². The average molecular weight is 431 g/mol. The third-order valence-electron chi connectivity index (χ3n) is 4.96. The lowest BCUT2D eigenvalue weighted by molar-refractivity contribution is -0.119. The van der Waals surface area contributed by atoms with Crippen molar-refractivity contribution >= 4 is 35.4 Å². The summed E-state index contributed by atoms with van der Waals surface area (Å²) >= 11 is 1.91. The summed E-state index contributed by atoms with van der Waals surface area (Å²) in [5.74, 6) is 2.07. The van der Waals surface area contributed by atoms with Crippen LogP contribution in [0.1, 0.15) is 6.92 Å². The van der Waals surface area contributed by atoms with Gasteiger partial charge in [-0.1, -0.05) is 0 Å². The van der Waals surface area contributed by atoms with Crippen LogP contribution in [0.3, 0.4) is 0 Å². The lowest BCUT2D eigenvalue weighted by atomic mass is 10.1. The molecule has 2 aliphatic heterocycles. The first-order valence-electron chi connectivity index (χ1n) is 9.68. The zero-order chi connectivity index (χ0) is 21.1. The number of thioether (sulfide) groups is 1. The first-order valence-corrected chi connectivity index (χ1v) is 10.8. The first-order chi connectivity index (χ1) is 14.5. The Morgan fingerprint density at radius 1 is 1.30 bits per heavy atom. The molecule has 1 aromatic carbocycles. The molecule has 1 atom stereocenters. The first kappa shape index (κ1) is 20.4. The molecule has 0 saturated carbocycles. The summed E-state index contributed by atoms with van der Waals surface area (Å²) in [5.41, 5.74) is 1.33. The molecule has 2 aliphatic rings. The number of aromatic nitrogens is 2. The number of amides is 2. The zero-order valence-electron chi connectivity index (χ0n) is 16.5. The molecule has 10 heteroatoms. The van der Waals surface area contributed by atoms with E-state index in [2.05, 4.69) is 20.2 Å². The third kappa shape index (κ3) is 4.48.